The van der Waals surface area contributed by atoms with Crippen LogP contribution >= 0.6 is 0 Å². The fourth-order valence-corrected chi connectivity index (χ4v) is 3.01. The summed E-state index contributed by atoms with van der Waals surface area (Å²) in [7, 11) is 0. The summed E-state index contributed by atoms with van der Waals surface area (Å²) in [6.07, 6.45) is 5.08. The van der Waals surface area contributed by atoms with Gasteiger partial charge in [-0.15, -0.1) is 0 Å². The lowest BCUT2D eigenvalue weighted by Gasteiger charge is -2.24. The summed E-state index contributed by atoms with van der Waals surface area (Å²) in [5, 5.41) is 3.12. The van der Waals surface area contributed by atoms with Gasteiger partial charge in [-0.1, -0.05) is 42.8 Å². The van der Waals surface area contributed by atoms with E-state index in [4.69, 9.17) is 4.98 Å². The number of aryl methyl sites for hydroxylation is 1. The van der Waals surface area contributed by atoms with Gasteiger partial charge < -0.3 is 5.32 Å². The third-order valence-corrected chi connectivity index (χ3v) is 4.61. The number of nitrogens with zero attached hydrogens (tertiary/aromatic N) is 2. The third kappa shape index (κ3) is 2.40. The van der Waals surface area contributed by atoms with Gasteiger partial charge in [-0.25, -0.2) is 4.98 Å². The van der Waals surface area contributed by atoms with E-state index in [1.807, 2.05) is 60.0 Å². The van der Waals surface area contributed by atoms with Crippen molar-refractivity contribution < 1.29 is 4.79 Å². The van der Waals surface area contributed by atoms with Crippen molar-refractivity contribution >= 4 is 17.4 Å². The van der Waals surface area contributed by atoms with Crippen LogP contribution in [0.1, 0.15) is 24.8 Å². The molecule has 23 heavy (non-hydrogen) atoms. The van der Waals surface area contributed by atoms with E-state index >= 15 is 0 Å². The molecule has 1 aliphatic carbocycles. The smallest absolute Gasteiger partial charge is 0.228 e. The number of imidazole rings is 1. The molecule has 4 nitrogen and oxygen atoms in total. The number of amides is 1. The van der Waals surface area contributed by atoms with E-state index in [1.54, 1.807) is 0 Å². The van der Waals surface area contributed by atoms with Crippen LogP contribution in [0.15, 0.2) is 48.7 Å². The van der Waals surface area contributed by atoms with Gasteiger partial charge in [-0.3, -0.25) is 9.20 Å². The second-order valence-electron chi connectivity index (χ2n) is 6.18. The predicted octanol–water partition coefficient (Wildman–Crippen LogP) is 4.05. The number of rotatable bonds is 3. The summed E-state index contributed by atoms with van der Waals surface area (Å²) in [5.41, 5.74) is 3.82. The maximum absolute atomic E-state index is 12.5. The zero-order chi connectivity index (χ0) is 15.8. The molecule has 116 valence electrons. The number of anilines is 1. The predicted molar refractivity (Wildman–Crippen MR) is 91.3 cm³/mol. The molecule has 3 aromatic rings. The van der Waals surface area contributed by atoms with Crippen LogP contribution in [-0.4, -0.2) is 15.3 Å². The van der Waals surface area contributed by atoms with Crippen LogP contribution in [0.25, 0.3) is 16.9 Å². The Hall–Kier alpha value is -2.62. The number of carbonyl (C=O) groups excluding carboxylic acids is 1. The maximum atomic E-state index is 12.5. The molecule has 1 aliphatic rings. The fraction of sp³-hybridized carbons (Fsp3) is 0.263. The van der Waals surface area contributed by atoms with Gasteiger partial charge in [0.05, 0.1) is 0 Å². The molecule has 1 fully saturated rings. The molecule has 0 saturated heterocycles. The van der Waals surface area contributed by atoms with Gasteiger partial charge in [0.1, 0.15) is 17.2 Å². The molecule has 0 radical (unpaired) electrons. The molecule has 1 N–H and O–H groups in total. The summed E-state index contributed by atoms with van der Waals surface area (Å²) in [6, 6.07) is 14.0. The van der Waals surface area contributed by atoms with Crippen LogP contribution in [-0.2, 0) is 4.79 Å². The number of carbonyl (C=O) groups is 1. The van der Waals surface area contributed by atoms with Crippen molar-refractivity contribution in [2.75, 3.05) is 5.32 Å². The first-order chi connectivity index (χ1) is 11.2. The van der Waals surface area contributed by atoms with Gasteiger partial charge in [0.25, 0.3) is 0 Å². The lowest BCUT2D eigenvalue weighted by atomic mass is 9.85. The Labute approximate surface area is 135 Å². The number of benzene rings is 1. The first kappa shape index (κ1) is 14.0. The van der Waals surface area contributed by atoms with E-state index < -0.39 is 0 Å². The average molecular weight is 305 g/mol. The Kier molecular flexibility index (Phi) is 3.37. The molecular weight excluding hydrogens is 286 g/mol. The van der Waals surface area contributed by atoms with Crippen molar-refractivity contribution in [2.45, 2.75) is 26.2 Å². The van der Waals surface area contributed by atoms with Crippen molar-refractivity contribution in [1.29, 1.82) is 0 Å². The van der Waals surface area contributed by atoms with E-state index in [0.717, 1.165) is 47.5 Å². The van der Waals surface area contributed by atoms with Gasteiger partial charge in [0.2, 0.25) is 5.91 Å². The molecule has 4 rings (SSSR count). The highest BCUT2D eigenvalue weighted by Gasteiger charge is 2.27. The molecule has 0 atom stereocenters. The maximum Gasteiger partial charge on any atom is 0.228 e. The van der Waals surface area contributed by atoms with Crippen LogP contribution < -0.4 is 5.32 Å². The molecule has 0 unspecified atom stereocenters. The topological polar surface area (TPSA) is 46.4 Å². The Morgan fingerprint density at radius 3 is 2.65 bits per heavy atom. The van der Waals surface area contributed by atoms with E-state index in [1.165, 1.54) is 0 Å². The summed E-state index contributed by atoms with van der Waals surface area (Å²) in [5.74, 6) is 1.03. The number of aromatic nitrogens is 2. The Balaban J connectivity index is 1.85. The van der Waals surface area contributed by atoms with Crippen LogP contribution in [0.5, 0.6) is 0 Å². The Morgan fingerprint density at radius 2 is 1.96 bits per heavy atom. The Bertz CT molecular complexity index is 863. The highest BCUT2D eigenvalue weighted by Crippen LogP contribution is 2.32. The quantitative estimate of drug-likeness (QED) is 0.793. The minimum atomic E-state index is 0.108. The monoisotopic (exact) mass is 305 g/mol. The summed E-state index contributed by atoms with van der Waals surface area (Å²) < 4.78 is 1.98. The minimum Gasteiger partial charge on any atom is -0.310 e. The van der Waals surface area contributed by atoms with Crippen LogP contribution in [0.3, 0.4) is 0 Å². The Morgan fingerprint density at radius 1 is 1.17 bits per heavy atom. The van der Waals surface area contributed by atoms with Crippen molar-refractivity contribution in [1.82, 2.24) is 9.38 Å². The van der Waals surface area contributed by atoms with Crippen molar-refractivity contribution in [3.63, 3.8) is 0 Å². The highest BCUT2D eigenvalue weighted by molar-refractivity contribution is 5.96. The third-order valence-electron chi connectivity index (χ3n) is 4.61. The average Bonchev–Trinajstić information content (AvgIpc) is 2.87. The van der Waals surface area contributed by atoms with Crippen LogP contribution in [0.2, 0.25) is 0 Å². The molecule has 1 aromatic carbocycles. The number of nitrogens with one attached hydrogen (secondary N) is 1. The van der Waals surface area contributed by atoms with Gasteiger partial charge in [-0.2, -0.15) is 0 Å². The molecule has 1 amide bonds. The summed E-state index contributed by atoms with van der Waals surface area (Å²) in [6.45, 7) is 2.04. The van der Waals surface area contributed by atoms with E-state index in [0.29, 0.717) is 0 Å². The second kappa shape index (κ2) is 5.54. The summed E-state index contributed by atoms with van der Waals surface area (Å²) in [4.78, 5) is 17.2. The number of hydrogen-bond acceptors (Lipinski definition) is 2. The lowest BCUT2D eigenvalue weighted by Crippen LogP contribution is -2.28. The molecule has 0 spiro atoms. The highest BCUT2D eigenvalue weighted by atomic mass is 16.2. The van der Waals surface area contributed by atoms with Crippen molar-refractivity contribution in [2.24, 2.45) is 5.92 Å². The zero-order valence-corrected chi connectivity index (χ0v) is 13.1. The van der Waals surface area contributed by atoms with E-state index in [2.05, 4.69) is 5.32 Å². The molecule has 0 aliphatic heterocycles. The number of pyridine rings is 1. The van der Waals surface area contributed by atoms with E-state index in [9.17, 15) is 4.79 Å². The largest absolute Gasteiger partial charge is 0.310 e. The second-order valence-corrected chi connectivity index (χ2v) is 6.18. The zero-order valence-electron chi connectivity index (χ0n) is 13.1. The van der Waals surface area contributed by atoms with E-state index in [-0.39, 0.29) is 11.8 Å². The number of fused-ring (bicyclic) bond motifs is 1. The van der Waals surface area contributed by atoms with Gasteiger partial charge in [0.15, 0.2) is 0 Å². The molecular formula is C19H19N3O. The molecule has 1 saturated carbocycles. The summed E-state index contributed by atoms with van der Waals surface area (Å²) >= 11 is 0. The molecule has 2 aromatic heterocycles. The van der Waals surface area contributed by atoms with Gasteiger partial charge >= 0.3 is 0 Å². The fourth-order valence-electron chi connectivity index (χ4n) is 3.01. The van der Waals surface area contributed by atoms with Gasteiger partial charge in [-0.05, 0) is 31.4 Å². The van der Waals surface area contributed by atoms with Crippen LogP contribution in [0, 0.1) is 12.8 Å². The minimum absolute atomic E-state index is 0.108. The van der Waals surface area contributed by atoms with Crippen molar-refractivity contribution in [3.8, 4) is 11.3 Å². The van der Waals surface area contributed by atoms with Crippen LogP contribution in [0.4, 0.5) is 5.82 Å². The SMILES string of the molecule is Cc1cccn2c(NC(=O)C3CCC3)c(-c3ccccc3)nc12. The normalized spacial score (nSPS) is 14.7. The standard InChI is InChI=1S/C19H19N3O/c1-13-7-6-12-22-17(13)20-16(14-8-3-2-4-9-14)18(22)21-19(23)15-10-5-11-15/h2-4,6-9,12,15H,5,10-11H2,1H3,(H,21,23). The molecule has 2 heterocycles. The first-order valence-corrected chi connectivity index (χ1v) is 8.08. The number of hydrogen-bond donors (Lipinski definition) is 1. The molecule has 4 heteroatoms. The first-order valence-electron chi connectivity index (χ1n) is 8.08. The van der Waals surface area contributed by atoms with Gasteiger partial charge in [0, 0.05) is 17.7 Å². The molecule has 0 bridgehead atoms. The van der Waals surface area contributed by atoms with Crippen molar-refractivity contribution in [3.05, 3.63) is 54.2 Å². The lowest BCUT2D eigenvalue weighted by molar-refractivity contribution is -0.122.